The first-order chi connectivity index (χ1) is 9.11. The van der Waals surface area contributed by atoms with Crippen molar-refractivity contribution in [2.45, 2.75) is 32.3 Å². The van der Waals surface area contributed by atoms with Crippen molar-refractivity contribution < 1.29 is 10.2 Å². The molecule has 1 aliphatic heterocycles. The highest BCUT2D eigenvalue weighted by atomic mass is 79.9. The van der Waals surface area contributed by atoms with Gasteiger partial charge in [0.1, 0.15) is 0 Å². The Morgan fingerprint density at radius 1 is 1.47 bits per heavy atom. The topological polar surface area (TPSA) is 43.7 Å². The lowest BCUT2D eigenvalue weighted by Gasteiger charge is -2.36. The smallest absolute Gasteiger partial charge is 0.0782 e. The maximum Gasteiger partial charge on any atom is 0.0782 e. The first-order valence-corrected chi connectivity index (χ1v) is 7.74. The first-order valence-electron chi connectivity index (χ1n) is 6.95. The minimum absolute atomic E-state index is 0.266. The highest BCUT2D eigenvalue weighted by molar-refractivity contribution is 9.10. The molecule has 2 atom stereocenters. The summed E-state index contributed by atoms with van der Waals surface area (Å²) in [5.74, 6) is 0.559. The average Bonchev–Trinajstić information content (AvgIpc) is 2.39. The van der Waals surface area contributed by atoms with Crippen LogP contribution in [0.5, 0.6) is 0 Å². The van der Waals surface area contributed by atoms with Gasteiger partial charge in [0.2, 0.25) is 0 Å². The fourth-order valence-corrected chi connectivity index (χ4v) is 3.23. The lowest BCUT2D eigenvalue weighted by molar-refractivity contribution is 0.199. The molecular weight excluding hydrogens is 306 g/mol. The van der Waals surface area contributed by atoms with Crippen LogP contribution in [0.15, 0.2) is 22.7 Å². The summed E-state index contributed by atoms with van der Waals surface area (Å²) in [6.45, 7) is 4.08. The molecule has 0 spiro atoms. The highest BCUT2D eigenvalue weighted by Crippen LogP contribution is 2.32. The summed E-state index contributed by atoms with van der Waals surface area (Å²) in [5, 5.41) is 19.0. The third-order valence-corrected chi connectivity index (χ3v) is 4.33. The third kappa shape index (κ3) is 3.71. The van der Waals surface area contributed by atoms with Crippen molar-refractivity contribution >= 4 is 21.6 Å². The number of anilines is 1. The van der Waals surface area contributed by atoms with Gasteiger partial charge in [0, 0.05) is 35.4 Å². The molecule has 0 amide bonds. The van der Waals surface area contributed by atoms with Gasteiger partial charge in [0.05, 0.1) is 6.10 Å². The van der Waals surface area contributed by atoms with E-state index < -0.39 is 6.10 Å². The zero-order chi connectivity index (χ0) is 13.8. The maximum absolute atomic E-state index is 9.94. The van der Waals surface area contributed by atoms with Crippen molar-refractivity contribution in [3.05, 3.63) is 28.2 Å². The van der Waals surface area contributed by atoms with E-state index in [0.717, 1.165) is 41.7 Å². The Morgan fingerprint density at radius 3 is 2.95 bits per heavy atom. The lowest BCUT2D eigenvalue weighted by Crippen LogP contribution is -2.36. The minimum Gasteiger partial charge on any atom is -0.396 e. The number of halogens is 1. The Kier molecular flexibility index (Phi) is 5.25. The van der Waals surface area contributed by atoms with Crippen molar-refractivity contribution in [2.75, 3.05) is 24.6 Å². The molecule has 2 N–H and O–H groups in total. The summed E-state index contributed by atoms with van der Waals surface area (Å²) in [6.07, 6.45) is 2.75. The molecular formula is C15H22BrNO2. The van der Waals surface area contributed by atoms with Crippen LogP contribution in [0.1, 0.15) is 37.9 Å². The van der Waals surface area contributed by atoms with Crippen LogP contribution in [0.2, 0.25) is 0 Å². The fraction of sp³-hybridized carbons (Fsp3) is 0.600. The van der Waals surface area contributed by atoms with Crippen LogP contribution < -0.4 is 4.90 Å². The van der Waals surface area contributed by atoms with Crippen molar-refractivity contribution in [1.82, 2.24) is 0 Å². The van der Waals surface area contributed by atoms with Crippen LogP contribution in [0.4, 0.5) is 5.69 Å². The van der Waals surface area contributed by atoms with Crippen LogP contribution in [-0.2, 0) is 0 Å². The summed E-state index contributed by atoms with van der Waals surface area (Å²) in [6, 6.07) is 6.10. The molecule has 106 valence electrons. The van der Waals surface area contributed by atoms with Gasteiger partial charge in [-0.2, -0.15) is 0 Å². The van der Waals surface area contributed by atoms with Crippen LogP contribution in [0.3, 0.4) is 0 Å². The molecule has 2 unspecified atom stereocenters. The largest absolute Gasteiger partial charge is 0.396 e. The van der Waals surface area contributed by atoms with Gasteiger partial charge in [-0.25, -0.2) is 0 Å². The SMILES string of the molecule is CC(O)c1cc(Br)ccc1N1CCCC(CCO)C1. The molecule has 1 aromatic carbocycles. The molecule has 0 saturated carbocycles. The Labute approximate surface area is 123 Å². The summed E-state index contributed by atoms with van der Waals surface area (Å²) < 4.78 is 0.996. The van der Waals surface area contributed by atoms with Crippen molar-refractivity contribution in [2.24, 2.45) is 5.92 Å². The second-order valence-electron chi connectivity index (χ2n) is 5.35. The maximum atomic E-state index is 9.94. The average molecular weight is 328 g/mol. The number of nitrogens with zero attached hydrogens (tertiary/aromatic N) is 1. The Hall–Kier alpha value is -0.580. The van der Waals surface area contributed by atoms with Crippen molar-refractivity contribution in [3.8, 4) is 0 Å². The van der Waals surface area contributed by atoms with E-state index in [9.17, 15) is 5.11 Å². The molecule has 19 heavy (non-hydrogen) atoms. The normalized spacial score (nSPS) is 21.5. The summed E-state index contributed by atoms with van der Waals surface area (Å²) in [7, 11) is 0. The van der Waals surface area contributed by atoms with Crippen LogP contribution in [0, 0.1) is 5.92 Å². The number of aliphatic hydroxyl groups excluding tert-OH is 2. The van der Waals surface area contributed by atoms with Crippen molar-refractivity contribution in [1.29, 1.82) is 0 Å². The van der Waals surface area contributed by atoms with Crippen LogP contribution in [0.25, 0.3) is 0 Å². The quantitative estimate of drug-likeness (QED) is 0.893. The second-order valence-corrected chi connectivity index (χ2v) is 6.26. The zero-order valence-electron chi connectivity index (χ0n) is 11.3. The molecule has 1 heterocycles. The van der Waals surface area contributed by atoms with Gasteiger partial charge < -0.3 is 15.1 Å². The number of piperidine rings is 1. The van der Waals surface area contributed by atoms with E-state index in [-0.39, 0.29) is 6.61 Å². The molecule has 0 aliphatic carbocycles. The molecule has 4 heteroatoms. The molecule has 0 radical (unpaired) electrons. The fourth-order valence-electron chi connectivity index (χ4n) is 2.85. The van der Waals surface area contributed by atoms with Gasteiger partial charge in [-0.05, 0) is 50.3 Å². The van der Waals surface area contributed by atoms with E-state index in [2.05, 4.69) is 26.9 Å². The molecule has 1 aliphatic rings. The summed E-state index contributed by atoms with van der Waals surface area (Å²) in [5.41, 5.74) is 2.10. The van der Waals surface area contributed by atoms with Gasteiger partial charge in [-0.3, -0.25) is 0 Å². The molecule has 0 bridgehead atoms. The Balaban J connectivity index is 2.20. The Bertz CT molecular complexity index is 421. The Morgan fingerprint density at radius 2 is 2.26 bits per heavy atom. The third-order valence-electron chi connectivity index (χ3n) is 3.84. The summed E-state index contributed by atoms with van der Waals surface area (Å²) in [4.78, 5) is 2.35. The van der Waals surface area contributed by atoms with Crippen molar-refractivity contribution in [3.63, 3.8) is 0 Å². The first kappa shape index (κ1) is 14.8. The van der Waals surface area contributed by atoms with E-state index in [1.54, 1.807) is 6.92 Å². The lowest BCUT2D eigenvalue weighted by atomic mass is 9.94. The standard InChI is InChI=1S/C15H22BrNO2/c1-11(19)14-9-13(16)4-5-15(14)17-7-2-3-12(10-17)6-8-18/h4-5,9,11-12,18-19H,2-3,6-8,10H2,1H3. The molecule has 1 saturated heterocycles. The van der Waals surface area contributed by atoms with Gasteiger partial charge in [-0.15, -0.1) is 0 Å². The number of hydrogen-bond donors (Lipinski definition) is 2. The van der Waals surface area contributed by atoms with E-state index in [1.165, 1.54) is 6.42 Å². The van der Waals surface area contributed by atoms with Gasteiger partial charge >= 0.3 is 0 Å². The zero-order valence-corrected chi connectivity index (χ0v) is 12.9. The van der Waals surface area contributed by atoms with E-state index in [4.69, 9.17) is 5.11 Å². The van der Waals surface area contributed by atoms with Crippen LogP contribution >= 0.6 is 15.9 Å². The predicted molar refractivity (Wildman–Crippen MR) is 81.4 cm³/mol. The second kappa shape index (κ2) is 6.73. The number of benzene rings is 1. The van der Waals surface area contributed by atoms with Gasteiger partial charge in [0.25, 0.3) is 0 Å². The molecule has 2 rings (SSSR count). The van der Waals surface area contributed by atoms with E-state index >= 15 is 0 Å². The number of rotatable bonds is 4. The minimum atomic E-state index is -0.467. The van der Waals surface area contributed by atoms with Gasteiger partial charge in [-0.1, -0.05) is 15.9 Å². The predicted octanol–water partition coefficient (Wildman–Crippen LogP) is 3.10. The molecule has 1 aromatic rings. The number of aliphatic hydroxyl groups is 2. The molecule has 1 fully saturated rings. The monoisotopic (exact) mass is 327 g/mol. The van der Waals surface area contributed by atoms with Gasteiger partial charge in [0.15, 0.2) is 0 Å². The van der Waals surface area contributed by atoms with E-state index in [1.807, 2.05) is 12.1 Å². The number of hydrogen-bond acceptors (Lipinski definition) is 3. The highest BCUT2D eigenvalue weighted by Gasteiger charge is 2.22. The summed E-state index contributed by atoms with van der Waals surface area (Å²) >= 11 is 3.46. The molecule has 3 nitrogen and oxygen atoms in total. The van der Waals surface area contributed by atoms with Crippen LogP contribution in [-0.4, -0.2) is 29.9 Å². The molecule has 0 aromatic heterocycles. The van der Waals surface area contributed by atoms with E-state index in [0.29, 0.717) is 5.92 Å².